The summed E-state index contributed by atoms with van der Waals surface area (Å²) in [6, 6.07) is 12.2. The summed E-state index contributed by atoms with van der Waals surface area (Å²) in [5.74, 6) is 0.102. The molecule has 7 heteroatoms. The maximum atomic E-state index is 13.8. The number of benzene rings is 2. The van der Waals surface area contributed by atoms with Crippen molar-refractivity contribution < 1.29 is 4.39 Å². The Bertz CT molecular complexity index is 925. The van der Waals surface area contributed by atoms with Crippen LogP contribution in [0, 0.1) is 17.5 Å². The average molecular weight is 347 g/mol. The normalized spacial score (nSPS) is 11.3. The standard InChI is InChI=1S/C16H12ClFN4S/c1-10-5-2-3-6-11(10)15-20-21-16(23)22(15)19-9-12-13(17)7-4-8-14(12)18/h2-9H,1H3,(H,21,23). The number of hydrogen-bond acceptors (Lipinski definition) is 3. The predicted octanol–water partition coefficient (Wildman–Crippen LogP) is 4.59. The Morgan fingerprint density at radius 1 is 1.26 bits per heavy atom. The summed E-state index contributed by atoms with van der Waals surface area (Å²) in [6.07, 6.45) is 1.34. The van der Waals surface area contributed by atoms with Gasteiger partial charge in [0.1, 0.15) is 5.82 Å². The van der Waals surface area contributed by atoms with Crippen LogP contribution in [0.3, 0.4) is 0 Å². The molecule has 0 spiro atoms. The number of rotatable bonds is 3. The molecular formula is C16H12ClFN4S. The van der Waals surface area contributed by atoms with Crippen LogP contribution in [0.25, 0.3) is 11.4 Å². The summed E-state index contributed by atoms with van der Waals surface area (Å²) < 4.78 is 15.6. The molecule has 0 radical (unpaired) electrons. The van der Waals surface area contributed by atoms with Crippen molar-refractivity contribution in [3.05, 3.63) is 69.2 Å². The molecule has 1 aromatic heterocycles. The summed E-state index contributed by atoms with van der Waals surface area (Å²) in [5, 5.41) is 11.4. The fraction of sp³-hybridized carbons (Fsp3) is 0.0625. The number of halogens is 2. The van der Waals surface area contributed by atoms with Crippen molar-refractivity contribution in [2.24, 2.45) is 5.10 Å². The Labute approximate surface area is 142 Å². The molecule has 0 amide bonds. The molecule has 0 saturated carbocycles. The molecular weight excluding hydrogens is 335 g/mol. The van der Waals surface area contributed by atoms with Crippen LogP contribution in [-0.4, -0.2) is 21.1 Å². The Balaban J connectivity index is 2.09. The van der Waals surface area contributed by atoms with Gasteiger partial charge in [-0.25, -0.2) is 9.49 Å². The van der Waals surface area contributed by atoms with E-state index in [0.29, 0.717) is 10.6 Å². The van der Waals surface area contributed by atoms with E-state index in [9.17, 15) is 4.39 Å². The number of aryl methyl sites for hydroxylation is 1. The van der Waals surface area contributed by atoms with Gasteiger partial charge < -0.3 is 0 Å². The number of nitrogens with one attached hydrogen (secondary N) is 1. The molecule has 2 aromatic carbocycles. The third-order valence-corrected chi connectivity index (χ3v) is 3.93. The second-order valence-corrected chi connectivity index (χ2v) is 5.65. The SMILES string of the molecule is Cc1ccccc1-c1n[nH]c(=S)n1N=Cc1c(F)cccc1Cl. The van der Waals surface area contributed by atoms with Gasteiger partial charge in [0.25, 0.3) is 0 Å². The van der Waals surface area contributed by atoms with Gasteiger partial charge >= 0.3 is 0 Å². The maximum absolute atomic E-state index is 13.8. The largest absolute Gasteiger partial charge is 0.250 e. The molecule has 0 atom stereocenters. The van der Waals surface area contributed by atoms with Crippen LogP contribution in [0.1, 0.15) is 11.1 Å². The van der Waals surface area contributed by atoms with E-state index < -0.39 is 5.82 Å². The van der Waals surface area contributed by atoms with Crippen LogP contribution in [0.15, 0.2) is 47.6 Å². The van der Waals surface area contributed by atoms with Crippen LogP contribution in [0.5, 0.6) is 0 Å². The molecule has 1 N–H and O–H groups in total. The quantitative estimate of drug-likeness (QED) is 0.557. The molecule has 116 valence electrons. The Morgan fingerprint density at radius 3 is 2.78 bits per heavy atom. The van der Waals surface area contributed by atoms with Crippen molar-refractivity contribution in [1.29, 1.82) is 0 Å². The fourth-order valence-corrected chi connectivity index (χ4v) is 2.54. The molecule has 1 heterocycles. The molecule has 0 saturated heterocycles. The molecule has 0 fully saturated rings. The molecule has 0 aliphatic heterocycles. The number of nitrogens with zero attached hydrogens (tertiary/aromatic N) is 3. The zero-order valence-electron chi connectivity index (χ0n) is 12.1. The van der Waals surface area contributed by atoms with Gasteiger partial charge in [0.2, 0.25) is 4.77 Å². The van der Waals surface area contributed by atoms with E-state index in [-0.39, 0.29) is 10.6 Å². The lowest BCUT2D eigenvalue weighted by Gasteiger charge is -2.04. The molecule has 3 aromatic rings. The van der Waals surface area contributed by atoms with Crippen LogP contribution in [-0.2, 0) is 0 Å². The van der Waals surface area contributed by atoms with Crippen molar-refractivity contribution in [3.8, 4) is 11.4 Å². The average Bonchev–Trinajstić information content (AvgIpc) is 2.88. The van der Waals surface area contributed by atoms with Crippen molar-refractivity contribution in [2.75, 3.05) is 0 Å². The summed E-state index contributed by atoms with van der Waals surface area (Å²) in [7, 11) is 0. The van der Waals surface area contributed by atoms with Crippen LogP contribution in [0.2, 0.25) is 5.02 Å². The van der Waals surface area contributed by atoms with Gasteiger partial charge in [0, 0.05) is 11.1 Å². The fourth-order valence-electron chi connectivity index (χ4n) is 2.15. The van der Waals surface area contributed by atoms with E-state index in [2.05, 4.69) is 15.3 Å². The van der Waals surface area contributed by atoms with Gasteiger partial charge in [-0.05, 0) is 36.8 Å². The third-order valence-electron chi connectivity index (χ3n) is 3.34. The zero-order valence-corrected chi connectivity index (χ0v) is 13.7. The van der Waals surface area contributed by atoms with Crippen molar-refractivity contribution in [1.82, 2.24) is 14.9 Å². The highest BCUT2D eigenvalue weighted by Crippen LogP contribution is 2.22. The number of H-pyrrole nitrogens is 1. The van der Waals surface area contributed by atoms with Crippen LogP contribution in [0.4, 0.5) is 4.39 Å². The molecule has 0 aliphatic carbocycles. The van der Waals surface area contributed by atoms with E-state index in [1.165, 1.54) is 23.0 Å². The molecule has 0 bridgehead atoms. The molecule has 23 heavy (non-hydrogen) atoms. The van der Waals surface area contributed by atoms with E-state index in [4.69, 9.17) is 23.8 Å². The smallest absolute Gasteiger partial charge is 0.216 e. The number of aromatic nitrogens is 3. The minimum atomic E-state index is -0.450. The van der Waals surface area contributed by atoms with Crippen LogP contribution >= 0.6 is 23.8 Å². The van der Waals surface area contributed by atoms with Gasteiger partial charge in [0.15, 0.2) is 5.82 Å². The third kappa shape index (κ3) is 3.09. The molecule has 0 unspecified atom stereocenters. The van der Waals surface area contributed by atoms with Gasteiger partial charge in [-0.3, -0.25) is 0 Å². The summed E-state index contributed by atoms with van der Waals surface area (Å²) in [6.45, 7) is 1.97. The minimum absolute atomic E-state index is 0.202. The maximum Gasteiger partial charge on any atom is 0.216 e. The lowest BCUT2D eigenvalue weighted by molar-refractivity contribution is 0.625. The number of hydrogen-bond donors (Lipinski definition) is 1. The molecule has 3 rings (SSSR count). The number of aromatic amines is 1. The van der Waals surface area contributed by atoms with Crippen molar-refractivity contribution in [2.45, 2.75) is 6.92 Å². The Kier molecular flexibility index (Phi) is 4.36. The minimum Gasteiger partial charge on any atom is -0.250 e. The lowest BCUT2D eigenvalue weighted by Crippen LogP contribution is -1.98. The predicted molar refractivity (Wildman–Crippen MR) is 92.0 cm³/mol. The zero-order chi connectivity index (χ0) is 16.4. The Hall–Kier alpha value is -2.31. The second-order valence-electron chi connectivity index (χ2n) is 4.86. The monoisotopic (exact) mass is 346 g/mol. The lowest BCUT2D eigenvalue weighted by atomic mass is 10.1. The van der Waals surface area contributed by atoms with Crippen molar-refractivity contribution >= 4 is 30.0 Å². The van der Waals surface area contributed by atoms with Crippen LogP contribution < -0.4 is 0 Å². The van der Waals surface area contributed by atoms with Gasteiger partial charge in [-0.2, -0.15) is 14.9 Å². The first-order valence-corrected chi connectivity index (χ1v) is 7.58. The van der Waals surface area contributed by atoms with E-state index in [0.717, 1.165) is 11.1 Å². The highest BCUT2D eigenvalue weighted by atomic mass is 35.5. The van der Waals surface area contributed by atoms with Gasteiger partial charge in [-0.1, -0.05) is 41.9 Å². The van der Waals surface area contributed by atoms with E-state index in [1.54, 1.807) is 6.07 Å². The van der Waals surface area contributed by atoms with E-state index in [1.807, 2.05) is 31.2 Å². The highest BCUT2D eigenvalue weighted by Gasteiger charge is 2.11. The summed E-state index contributed by atoms with van der Waals surface area (Å²) >= 11 is 11.2. The first-order chi connectivity index (χ1) is 11.1. The molecule has 0 aliphatic rings. The highest BCUT2D eigenvalue weighted by molar-refractivity contribution is 7.71. The Morgan fingerprint density at radius 2 is 2.04 bits per heavy atom. The molecule has 4 nitrogen and oxygen atoms in total. The topological polar surface area (TPSA) is 46.0 Å². The second kappa shape index (κ2) is 6.44. The van der Waals surface area contributed by atoms with Gasteiger partial charge in [0.05, 0.1) is 11.2 Å². The summed E-state index contributed by atoms with van der Waals surface area (Å²) in [4.78, 5) is 0. The summed E-state index contributed by atoms with van der Waals surface area (Å²) in [5.41, 5.74) is 2.12. The van der Waals surface area contributed by atoms with Crippen molar-refractivity contribution in [3.63, 3.8) is 0 Å². The van der Waals surface area contributed by atoms with E-state index >= 15 is 0 Å². The first-order valence-electron chi connectivity index (χ1n) is 6.79. The first kappa shape index (κ1) is 15.6. The van der Waals surface area contributed by atoms with Gasteiger partial charge in [-0.15, -0.1) is 0 Å².